The van der Waals surface area contributed by atoms with Crippen LogP contribution in [0.1, 0.15) is 15.9 Å². The van der Waals surface area contributed by atoms with E-state index in [4.69, 9.17) is 39.5 Å². The molecule has 3 aromatic carbocycles. The second-order valence-corrected chi connectivity index (χ2v) is 6.79. The number of hydrogen-bond acceptors (Lipinski definition) is 2. The molecule has 132 valence electrons. The van der Waals surface area contributed by atoms with Gasteiger partial charge in [0.25, 0.3) is 5.91 Å². The van der Waals surface area contributed by atoms with Gasteiger partial charge >= 0.3 is 0 Å². The third-order valence-corrected chi connectivity index (χ3v) is 4.47. The Balaban J connectivity index is 1.59. The fourth-order valence-electron chi connectivity index (χ4n) is 2.24. The summed E-state index contributed by atoms with van der Waals surface area (Å²) in [7, 11) is 0. The standard InChI is InChI=1S/C20H14Cl3NO2/c21-15-4-1-13(2-5-15)20(25)24-17-7-9-18(10-8-17)26-12-14-3-6-16(22)11-19(14)23/h1-11H,12H2,(H,24,25). The molecule has 0 spiro atoms. The van der Waals surface area contributed by atoms with Crippen molar-refractivity contribution in [2.75, 3.05) is 5.32 Å². The molecule has 0 aliphatic carbocycles. The third-order valence-electron chi connectivity index (χ3n) is 3.63. The lowest BCUT2D eigenvalue weighted by molar-refractivity contribution is 0.102. The number of hydrogen-bond donors (Lipinski definition) is 1. The molecule has 0 aliphatic heterocycles. The van der Waals surface area contributed by atoms with E-state index >= 15 is 0 Å². The van der Waals surface area contributed by atoms with Gasteiger partial charge in [-0.3, -0.25) is 4.79 Å². The van der Waals surface area contributed by atoms with E-state index in [0.717, 1.165) is 5.56 Å². The van der Waals surface area contributed by atoms with Crippen LogP contribution in [-0.2, 0) is 6.61 Å². The Hall–Kier alpha value is -2.20. The Kier molecular flexibility index (Phi) is 6.04. The number of benzene rings is 3. The molecule has 0 fully saturated rings. The van der Waals surface area contributed by atoms with Gasteiger partial charge in [-0.15, -0.1) is 0 Å². The molecule has 0 bridgehead atoms. The van der Waals surface area contributed by atoms with Gasteiger partial charge in [-0.25, -0.2) is 0 Å². The van der Waals surface area contributed by atoms with Gasteiger partial charge in [0.15, 0.2) is 0 Å². The maximum absolute atomic E-state index is 12.2. The van der Waals surface area contributed by atoms with E-state index in [1.54, 1.807) is 60.7 Å². The first kappa shape index (κ1) is 18.6. The van der Waals surface area contributed by atoms with E-state index < -0.39 is 0 Å². The normalized spacial score (nSPS) is 10.4. The molecule has 3 aromatic rings. The second-order valence-electron chi connectivity index (χ2n) is 5.51. The zero-order valence-electron chi connectivity index (χ0n) is 13.5. The van der Waals surface area contributed by atoms with Crippen molar-refractivity contribution in [2.45, 2.75) is 6.61 Å². The van der Waals surface area contributed by atoms with Crippen molar-refractivity contribution in [3.63, 3.8) is 0 Å². The van der Waals surface area contributed by atoms with Crippen LogP contribution in [0, 0.1) is 0 Å². The van der Waals surface area contributed by atoms with Crippen molar-refractivity contribution >= 4 is 46.4 Å². The molecule has 1 N–H and O–H groups in total. The van der Waals surface area contributed by atoms with E-state index in [2.05, 4.69) is 5.32 Å². The van der Waals surface area contributed by atoms with Crippen LogP contribution in [-0.4, -0.2) is 5.91 Å². The summed E-state index contributed by atoms with van der Waals surface area (Å²) >= 11 is 17.8. The van der Waals surface area contributed by atoms with Crippen LogP contribution in [0.3, 0.4) is 0 Å². The summed E-state index contributed by atoms with van der Waals surface area (Å²) in [4.78, 5) is 12.2. The molecule has 3 nitrogen and oxygen atoms in total. The van der Waals surface area contributed by atoms with E-state index in [1.807, 2.05) is 6.07 Å². The van der Waals surface area contributed by atoms with Crippen molar-refractivity contribution < 1.29 is 9.53 Å². The van der Waals surface area contributed by atoms with Gasteiger partial charge in [0.2, 0.25) is 0 Å². The van der Waals surface area contributed by atoms with Crippen molar-refractivity contribution in [1.29, 1.82) is 0 Å². The first-order valence-corrected chi connectivity index (χ1v) is 8.88. The Morgan fingerprint density at radius 1 is 0.846 bits per heavy atom. The Bertz CT molecular complexity index is 909. The molecule has 0 atom stereocenters. The van der Waals surface area contributed by atoms with Gasteiger partial charge in [0.05, 0.1) is 0 Å². The molecule has 0 saturated carbocycles. The maximum atomic E-state index is 12.2. The summed E-state index contributed by atoms with van der Waals surface area (Å²) in [6.45, 7) is 0.326. The fourth-order valence-corrected chi connectivity index (χ4v) is 2.83. The molecule has 1 amide bonds. The number of anilines is 1. The Labute approximate surface area is 166 Å². The lowest BCUT2D eigenvalue weighted by Gasteiger charge is -2.10. The summed E-state index contributed by atoms with van der Waals surface area (Å²) in [5.41, 5.74) is 2.05. The monoisotopic (exact) mass is 405 g/mol. The van der Waals surface area contributed by atoms with Gasteiger partial charge < -0.3 is 10.1 Å². The molecule has 0 unspecified atom stereocenters. The van der Waals surface area contributed by atoms with E-state index in [9.17, 15) is 4.79 Å². The van der Waals surface area contributed by atoms with Crippen molar-refractivity contribution in [2.24, 2.45) is 0 Å². The summed E-state index contributed by atoms with van der Waals surface area (Å²) in [6, 6.07) is 19.1. The molecule has 0 aliphatic rings. The Morgan fingerprint density at radius 3 is 2.15 bits per heavy atom. The smallest absolute Gasteiger partial charge is 0.255 e. The van der Waals surface area contributed by atoms with Gasteiger partial charge in [-0.05, 0) is 60.7 Å². The second kappa shape index (κ2) is 8.45. The summed E-state index contributed by atoms with van der Waals surface area (Å²) < 4.78 is 5.72. The molecule has 0 aromatic heterocycles. The minimum atomic E-state index is -0.205. The van der Waals surface area contributed by atoms with Crippen molar-refractivity contribution in [3.8, 4) is 5.75 Å². The topological polar surface area (TPSA) is 38.3 Å². The SMILES string of the molecule is O=C(Nc1ccc(OCc2ccc(Cl)cc2Cl)cc1)c1ccc(Cl)cc1. The molecule has 0 heterocycles. The number of halogens is 3. The quantitative estimate of drug-likeness (QED) is 0.526. The van der Waals surface area contributed by atoms with Crippen molar-refractivity contribution in [1.82, 2.24) is 0 Å². The number of carbonyl (C=O) groups is 1. The lowest BCUT2D eigenvalue weighted by Crippen LogP contribution is -2.11. The summed E-state index contributed by atoms with van der Waals surface area (Å²) in [6.07, 6.45) is 0. The average molecular weight is 407 g/mol. The first-order chi connectivity index (χ1) is 12.5. The Morgan fingerprint density at radius 2 is 1.50 bits per heavy atom. The highest BCUT2D eigenvalue weighted by Gasteiger charge is 2.07. The fraction of sp³-hybridized carbons (Fsp3) is 0.0500. The van der Waals surface area contributed by atoms with Crippen LogP contribution < -0.4 is 10.1 Å². The highest BCUT2D eigenvalue weighted by Crippen LogP contribution is 2.23. The highest BCUT2D eigenvalue weighted by atomic mass is 35.5. The third kappa shape index (κ3) is 4.92. The number of nitrogens with one attached hydrogen (secondary N) is 1. The maximum Gasteiger partial charge on any atom is 0.255 e. The van der Waals surface area contributed by atoms with Gasteiger partial charge in [0.1, 0.15) is 12.4 Å². The molecule has 26 heavy (non-hydrogen) atoms. The molecule has 3 rings (SSSR count). The van der Waals surface area contributed by atoms with Crippen LogP contribution in [0.2, 0.25) is 15.1 Å². The van der Waals surface area contributed by atoms with Crippen LogP contribution >= 0.6 is 34.8 Å². The minimum absolute atomic E-state index is 0.205. The van der Waals surface area contributed by atoms with E-state index in [0.29, 0.717) is 38.7 Å². The van der Waals surface area contributed by atoms with Crippen LogP contribution in [0.15, 0.2) is 66.7 Å². The number of carbonyl (C=O) groups excluding carboxylic acids is 1. The highest BCUT2D eigenvalue weighted by molar-refractivity contribution is 6.35. The molecule has 0 radical (unpaired) electrons. The van der Waals surface area contributed by atoms with Crippen LogP contribution in [0.5, 0.6) is 5.75 Å². The molecular formula is C20H14Cl3NO2. The zero-order chi connectivity index (χ0) is 18.5. The lowest BCUT2D eigenvalue weighted by atomic mass is 10.2. The van der Waals surface area contributed by atoms with Crippen LogP contribution in [0.25, 0.3) is 0 Å². The van der Waals surface area contributed by atoms with Crippen molar-refractivity contribution in [3.05, 3.63) is 92.9 Å². The van der Waals surface area contributed by atoms with Gasteiger partial charge in [0, 0.05) is 31.9 Å². The van der Waals surface area contributed by atoms with Gasteiger partial charge in [-0.2, -0.15) is 0 Å². The van der Waals surface area contributed by atoms with Crippen LogP contribution in [0.4, 0.5) is 5.69 Å². The zero-order valence-corrected chi connectivity index (χ0v) is 15.8. The van der Waals surface area contributed by atoms with E-state index in [1.165, 1.54) is 0 Å². The summed E-state index contributed by atoms with van der Waals surface area (Å²) in [5.74, 6) is 0.462. The predicted octanol–water partition coefficient (Wildman–Crippen LogP) is 6.48. The largest absolute Gasteiger partial charge is 0.489 e. The number of ether oxygens (including phenoxy) is 1. The summed E-state index contributed by atoms with van der Waals surface area (Å²) in [5, 5.41) is 4.55. The van der Waals surface area contributed by atoms with Gasteiger partial charge in [-0.1, -0.05) is 40.9 Å². The average Bonchev–Trinajstić information content (AvgIpc) is 2.63. The first-order valence-electron chi connectivity index (χ1n) is 7.75. The number of rotatable bonds is 5. The number of amides is 1. The molecule has 0 saturated heterocycles. The predicted molar refractivity (Wildman–Crippen MR) is 107 cm³/mol. The van der Waals surface area contributed by atoms with E-state index in [-0.39, 0.29) is 5.91 Å². The minimum Gasteiger partial charge on any atom is -0.489 e. The molecular weight excluding hydrogens is 393 g/mol. The molecule has 6 heteroatoms.